The summed E-state index contributed by atoms with van der Waals surface area (Å²) in [5, 5.41) is 0. The normalized spacial score (nSPS) is 10.3. The van der Waals surface area contributed by atoms with E-state index in [-0.39, 0.29) is 16.8 Å². The van der Waals surface area contributed by atoms with Gasteiger partial charge in [-0.2, -0.15) is 0 Å². The predicted octanol–water partition coefficient (Wildman–Crippen LogP) is 1.19. The molecular formula is C13H11BrN2O4. The van der Waals surface area contributed by atoms with Crippen molar-refractivity contribution in [2.75, 3.05) is 7.11 Å². The van der Waals surface area contributed by atoms with Crippen molar-refractivity contribution in [2.45, 2.75) is 6.54 Å². The Morgan fingerprint density at radius 1 is 1.40 bits per heavy atom. The molecule has 6 nitrogen and oxygen atoms in total. The van der Waals surface area contributed by atoms with Crippen molar-refractivity contribution >= 4 is 21.7 Å². The molecule has 0 aliphatic rings. The predicted molar refractivity (Wildman–Crippen MR) is 76.3 cm³/mol. The third kappa shape index (κ3) is 3.05. The van der Waals surface area contributed by atoms with Crippen LogP contribution in [-0.4, -0.2) is 22.4 Å². The summed E-state index contributed by atoms with van der Waals surface area (Å²) in [6.07, 6.45) is 1.29. The van der Waals surface area contributed by atoms with Gasteiger partial charge in [-0.05, 0) is 28.1 Å². The molecule has 1 N–H and O–H groups in total. The van der Waals surface area contributed by atoms with E-state index < -0.39 is 11.2 Å². The van der Waals surface area contributed by atoms with Crippen molar-refractivity contribution in [3.05, 3.63) is 61.3 Å². The van der Waals surface area contributed by atoms with Crippen molar-refractivity contribution in [1.29, 1.82) is 0 Å². The Balaban J connectivity index is 2.30. The lowest BCUT2D eigenvalue weighted by Gasteiger charge is -2.06. The zero-order valence-corrected chi connectivity index (χ0v) is 12.1. The number of hydrogen-bond donors (Lipinski definition) is 1. The molecule has 20 heavy (non-hydrogen) atoms. The van der Waals surface area contributed by atoms with Gasteiger partial charge in [0, 0.05) is 11.8 Å². The Morgan fingerprint density at radius 2 is 2.15 bits per heavy atom. The second kappa shape index (κ2) is 5.87. The Bertz CT molecular complexity index is 763. The van der Waals surface area contributed by atoms with Gasteiger partial charge in [-0.25, -0.2) is 4.79 Å². The number of nitrogens with one attached hydrogen (secondary N) is 1. The van der Waals surface area contributed by atoms with Crippen molar-refractivity contribution in [3.8, 4) is 5.75 Å². The first kappa shape index (κ1) is 14.3. The van der Waals surface area contributed by atoms with E-state index in [0.717, 1.165) is 4.57 Å². The minimum atomic E-state index is -0.630. The Kier molecular flexibility index (Phi) is 4.19. The maximum atomic E-state index is 12.1. The van der Waals surface area contributed by atoms with E-state index in [1.54, 1.807) is 24.3 Å². The van der Waals surface area contributed by atoms with Gasteiger partial charge in [-0.1, -0.05) is 12.1 Å². The van der Waals surface area contributed by atoms with Crippen LogP contribution in [0.25, 0.3) is 0 Å². The first-order valence-corrected chi connectivity index (χ1v) is 6.47. The number of carbonyl (C=O) groups excluding carboxylic acids is 1. The zero-order valence-electron chi connectivity index (χ0n) is 10.6. The molecule has 0 saturated heterocycles. The SMILES string of the molecule is COc1cccc(C(=O)Cn2cc(Br)c(=O)[nH]c2=O)c1. The number of aromatic amines is 1. The first-order valence-electron chi connectivity index (χ1n) is 5.68. The minimum absolute atomic E-state index is 0.165. The molecule has 0 aliphatic carbocycles. The van der Waals surface area contributed by atoms with Gasteiger partial charge in [0.15, 0.2) is 5.78 Å². The first-order chi connectivity index (χ1) is 9.51. The van der Waals surface area contributed by atoms with Crippen LogP contribution in [-0.2, 0) is 6.54 Å². The Hall–Kier alpha value is -2.15. The maximum absolute atomic E-state index is 12.1. The average Bonchev–Trinajstić information content (AvgIpc) is 2.44. The van der Waals surface area contributed by atoms with Crippen LogP contribution in [0.4, 0.5) is 0 Å². The van der Waals surface area contributed by atoms with E-state index in [1.807, 2.05) is 0 Å². The Morgan fingerprint density at radius 3 is 2.85 bits per heavy atom. The number of H-pyrrole nitrogens is 1. The highest BCUT2D eigenvalue weighted by molar-refractivity contribution is 9.10. The molecule has 0 saturated carbocycles. The summed E-state index contributed by atoms with van der Waals surface area (Å²) in [6, 6.07) is 6.64. The van der Waals surface area contributed by atoms with Crippen molar-refractivity contribution in [3.63, 3.8) is 0 Å². The summed E-state index contributed by atoms with van der Waals surface area (Å²) in [7, 11) is 1.51. The molecule has 1 aromatic carbocycles. The summed E-state index contributed by atoms with van der Waals surface area (Å²) in [4.78, 5) is 37.0. The number of hydrogen-bond acceptors (Lipinski definition) is 4. The van der Waals surface area contributed by atoms with Crippen molar-refractivity contribution in [1.82, 2.24) is 9.55 Å². The highest BCUT2D eigenvalue weighted by Gasteiger charge is 2.10. The topological polar surface area (TPSA) is 81.2 Å². The van der Waals surface area contributed by atoms with Gasteiger partial charge in [-0.15, -0.1) is 0 Å². The molecule has 1 aromatic heterocycles. The molecule has 0 spiro atoms. The van der Waals surface area contributed by atoms with Gasteiger partial charge < -0.3 is 4.74 Å². The summed E-state index contributed by atoms with van der Waals surface area (Å²) < 4.78 is 6.36. The molecule has 1 heterocycles. The van der Waals surface area contributed by atoms with Crippen molar-refractivity contribution < 1.29 is 9.53 Å². The number of carbonyl (C=O) groups is 1. The minimum Gasteiger partial charge on any atom is -0.497 e. The van der Waals surface area contributed by atoms with Gasteiger partial charge in [-0.3, -0.25) is 19.1 Å². The number of nitrogens with zero attached hydrogens (tertiary/aromatic N) is 1. The smallest absolute Gasteiger partial charge is 0.328 e. The summed E-state index contributed by atoms with van der Waals surface area (Å²) in [5.41, 5.74) is -0.729. The van der Waals surface area contributed by atoms with Crippen LogP contribution in [0.1, 0.15) is 10.4 Å². The van der Waals surface area contributed by atoms with E-state index >= 15 is 0 Å². The summed E-state index contributed by atoms with van der Waals surface area (Å²) in [6.45, 7) is -0.165. The molecule has 2 aromatic rings. The van der Waals surface area contributed by atoms with Gasteiger partial charge in [0.2, 0.25) is 0 Å². The number of ether oxygens (including phenoxy) is 1. The van der Waals surface area contributed by atoms with Crippen LogP contribution in [0.15, 0.2) is 44.5 Å². The monoisotopic (exact) mass is 338 g/mol. The number of rotatable bonds is 4. The molecule has 0 unspecified atom stereocenters. The number of Topliss-reactive ketones (excluding diaryl/α,β-unsaturated/α-hetero) is 1. The molecular weight excluding hydrogens is 328 g/mol. The fraction of sp³-hybridized carbons (Fsp3) is 0.154. The standard InChI is InChI=1S/C13H11BrN2O4/c1-20-9-4-2-3-8(5-9)11(17)7-16-6-10(14)12(18)15-13(16)19/h2-6H,7H2,1H3,(H,15,18,19). The van der Waals surface area contributed by atoms with E-state index in [9.17, 15) is 14.4 Å². The lowest BCUT2D eigenvalue weighted by atomic mass is 10.1. The van der Waals surface area contributed by atoms with E-state index in [1.165, 1.54) is 13.3 Å². The van der Waals surface area contributed by atoms with Crippen LogP contribution in [0.2, 0.25) is 0 Å². The average molecular weight is 339 g/mol. The van der Waals surface area contributed by atoms with Gasteiger partial charge in [0.05, 0.1) is 18.1 Å². The lowest BCUT2D eigenvalue weighted by Crippen LogP contribution is -2.31. The second-order valence-corrected chi connectivity index (χ2v) is 4.87. The van der Waals surface area contributed by atoms with Crippen LogP contribution in [0.3, 0.4) is 0 Å². The largest absolute Gasteiger partial charge is 0.497 e. The third-order valence-electron chi connectivity index (χ3n) is 2.67. The highest BCUT2D eigenvalue weighted by atomic mass is 79.9. The molecule has 0 fully saturated rings. The number of halogens is 1. The lowest BCUT2D eigenvalue weighted by molar-refractivity contribution is 0.0970. The van der Waals surface area contributed by atoms with E-state index in [2.05, 4.69) is 20.9 Å². The van der Waals surface area contributed by atoms with Crippen LogP contribution in [0.5, 0.6) is 5.75 Å². The van der Waals surface area contributed by atoms with Gasteiger partial charge in [0.1, 0.15) is 5.75 Å². The van der Waals surface area contributed by atoms with Crippen molar-refractivity contribution in [2.24, 2.45) is 0 Å². The number of aromatic nitrogens is 2. The Labute approximate surface area is 122 Å². The number of ketones is 1. The van der Waals surface area contributed by atoms with E-state index in [0.29, 0.717) is 11.3 Å². The second-order valence-electron chi connectivity index (χ2n) is 4.02. The molecule has 7 heteroatoms. The molecule has 0 bridgehead atoms. The summed E-state index contributed by atoms with van der Waals surface area (Å²) in [5.74, 6) is 0.302. The maximum Gasteiger partial charge on any atom is 0.328 e. The molecule has 0 atom stereocenters. The third-order valence-corrected chi connectivity index (χ3v) is 3.24. The molecule has 2 rings (SSSR count). The van der Waals surface area contributed by atoms with Crippen LogP contribution in [0, 0.1) is 0 Å². The van der Waals surface area contributed by atoms with Crippen LogP contribution < -0.4 is 16.0 Å². The number of methoxy groups -OCH3 is 1. The molecule has 104 valence electrons. The molecule has 0 amide bonds. The number of benzene rings is 1. The quantitative estimate of drug-likeness (QED) is 0.849. The van der Waals surface area contributed by atoms with Crippen LogP contribution >= 0.6 is 15.9 Å². The fourth-order valence-electron chi connectivity index (χ4n) is 1.64. The van der Waals surface area contributed by atoms with Gasteiger partial charge >= 0.3 is 5.69 Å². The van der Waals surface area contributed by atoms with Gasteiger partial charge in [0.25, 0.3) is 5.56 Å². The zero-order chi connectivity index (χ0) is 14.7. The highest BCUT2D eigenvalue weighted by Crippen LogP contribution is 2.13. The van der Waals surface area contributed by atoms with E-state index in [4.69, 9.17) is 4.74 Å². The molecule has 0 radical (unpaired) electrons. The summed E-state index contributed by atoms with van der Waals surface area (Å²) >= 11 is 3.01. The fourth-order valence-corrected chi connectivity index (χ4v) is 1.99. The molecule has 0 aliphatic heterocycles.